The van der Waals surface area contributed by atoms with Crippen molar-refractivity contribution in [3.8, 4) is 0 Å². The molecule has 4 nitrogen and oxygen atoms in total. The number of carboxylic acids is 1. The minimum Gasteiger partial charge on any atom is -0.481 e. The van der Waals surface area contributed by atoms with Crippen LogP contribution in [0.2, 0.25) is 0 Å². The quantitative estimate of drug-likeness (QED) is 0.314. The lowest BCUT2D eigenvalue weighted by Crippen LogP contribution is -2.34. The van der Waals surface area contributed by atoms with Crippen molar-refractivity contribution in [2.24, 2.45) is 11.8 Å². The Hall–Kier alpha value is -1.06. The van der Waals surface area contributed by atoms with E-state index in [-0.39, 0.29) is 17.8 Å². The van der Waals surface area contributed by atoms with Crippen LogP contribution in [-0.2, 0) is 14.3 Å². The van der Waals surface area contributed by atoms with E-state index in [4.69, 9.17) is 9.84 Å². The summed E-state index contributed by atoms with van der Waals surface area (Å²) in [5, 5.41) is 9.17. The van der Waals surface area contributed by atoms with Gasteiger partial charge in [0, 0.05) is 0 Å². The van der Waals surface area contributed by atoms with E-state index in [1.54, 1.807) is 0 Å². The van der Waals surface area contributed by atoms with Crippen molar-refractivity contribution in [3.63, 3.8) is 0 Å². The van der Waals surface area contributed by atoms with Gasteiger partial charge in [-0.25, -0.2) is 0 Å². The van der Waals surface area contributed by atoms with Gasteiger partial charge in [-0.15, -0.1) is 0 Å². The van der Waals surface area contributed by atoms with Gasteiger partial charge in [0.2, 0.25) is 0 Å². The molecule has 1 saturated carbocycles. The fraction of sp³-hybridized carbons (Fsp3) is 0.909. The van der Waals surface area contributed by atoms with Crippen molar-refractivity contribution >= 4 is 11.9 Å². The summed E-state index contributed by atoms with van der Waals surface area (Å²) in [7, 11) is 0. The van der Waals surface area contributed by atoms with Crippen LogP contribution in [0, 0.1) is 11.8 Å². The average Bonchev–Trinajstić information content (AvgIpc) is 2.60. The molecule has 0 amide bonds. The molecule has 4 heteroatoms. The highest BCUT2D eigenvalue weighted by molar-refractivity contribution is 5.75. The standard InChI is InChI=1S/C22H40O4/c1-4-5-6-7-8-9-10-11-12-16-22(2,3)26-21(25)19-15-13-14-18(17-19)20(23)24/h18-19H,4-17H2,1-3H3,(H,23,24). The fourth-order valence-electron chi connectivity index (χ4n) is 3.90. The molecule has 0 aromatic rings. The summed E-state index contributed by atoms with van der Waals surface area (Å²) in [6, 6.07) is 0. The van der Waals surface area contributed by atoms with Gasteiger partial charge in [0.05, 0.1) is 11.8 Å². The number of hydrogen-bond donors (Lipinski definition) is 1. The lowest BCUT2D eigenvalue weighted by molar-refractivity contribution is -0.164. The minimum atomic E-state index is -0.781. The molecule has 0 aliphatic heterocycles. The summed E-state index contributed by atoms with van der Waals surface area (Å²) in [5.41, 5.74) is -0.450. The molecular weight excluding hydrogens is 328 g/mol. The lowest BCUT2D eigenvalue weighted by atomic mass is 9.81. The molecule has 0 heterocycles. The van der Waals surface area contributed by atoms with Gasteiger partial charge >= 0.3 is 11.9 Å². The summed E-state index contributed by atoms with van der Waals surface area (Å²) in [4.78, 5) is 23.6. The molecule has 1 N–H and O–H groups in total. The predicted molar refractivity (Wildman–Crippen MR) is 105 cm³/mol. The second kappa shape index (κ2) is 12.3. The molecule has 0 saturated heterocycles. The van der Waals surface area contributed by atoms with Crippen LogP contribution in [0.3, 0.4) is 0 Å². The Balaban J connectivity index is 2.18. The second-order valence-electron chi connectivity index (χ2n) is 8.66. The Morgan fingerprint density at radius 1 is 0.923 bits per heavy atom. The van der Waals surface area contributed by atoms with Gasteiger partial charge in [-0.1, -0.05) is 64.7 Å². The molecule has 26 heavy (non-hydrogen) atoms. The number of esters is 1. The number of aliphatic carboxylic acids is 1. The third kappa shape index (κ3) is 9.59. The summed E-state index contributed by atoms with van der Waals surface area (Å²) in [6.07, 6.45) is 15.1. The van der Waals surface area contributed by atoms with Crippen LogP contribution in [0.5, 0.6) is 0 Å². The van der Waals surface area contributed by atoms with Crippen LogP contribution < -0.4 is 0 Å². The van der Waals surface area contributed by atoms with Gasteiger partial charge in [-0.3, -0.25) is 9.59 Å². The number of ether oxygens (including phenoxy) is 1. The average molecular weight is 369 g/mol. The van der Waals surface area contributed by atoms with Crippen molar-refractivity contribution in [2.75, 3.05) is 0 Å². The number of carboxylic acid groups (broad SMARTS) is 1. The van der Waals surface area contributed by atoms with E-state index >= 15 is 0 Å². The molecule has 152 valence electrons. The zero-order valence-electron chi connectivity index (χ0n) is 17.2. The number of unbranched alkanes of at least 4 members (excludes halogenated alkanes) is 8. The molecule has 0 aromatic heterocycles. The molecule has 0 bridgehead atoms. The highest BCUT2D eigenvalue weighted by atomic mass is 16.6. The number of rotatable bonds is 13. The number of carbonyl (C=O) groups excluding carboxylic acids is 1. The Morgan fingerprint density at radius 2 is 1.46 bits per heavy atom. The molecule has 1 rings (SSSR count). The molecule has 1 fully saturated rings. The zero-order chi connectivity index (χ0) is 19.4. The van der Waals surface area contributed by atoms with E-state index in [2.05, 4.69) is 6.92 Å². The summed E-state index contributed by atoms with van der Waals surface area (Å²) >= 11 is 0. The molecule has 2 unspecified atom stereocenters. The van der Waals surface area contributed by atoms with Crippen LogP contribution in [0.15, 0.2) is 0 Å². The third-order valence-corrected chi connectivity index (χ3v) is 5.62. The maximum Gasteiger partial charge on any atom is 0.309 e. The SMILES string of the molecule is CCCCCCCCCCCC(C)(C)OC(=O)C1CCCC(C(=O)O)C1. The van der Waals surface area contributed by atoms with E-state index in [1.807, 2.05) is 13.8 Å². The van der Waals surface area contributed by atoms with Crippen LogP contribution >= 0.6 is 0 Å². The van der Waals surface area contributed by atoms with Gasteiger partial charge in [-0.2, -0.15) is 0 Å². The largest absolute Gasteiger partial charge is 0.481 e. The predicted octanol–water partition coefficient (Wildman–Crippen LogP) is 6.12. The highest BCUT2D eigenvalue weighted by Gasteiger charge is 2.34. The first-order valence-electron chi connectivity index (χ1n) is 10.8. The maximum atomic E-state index is 12.4. The lowest BCUT2D eigenvalue weighted by Gasteiger charge is -2.30. The normalized spacial score (nSPS) is 20.7. The van der Waals surface area contributed by atoms with E-state index in [9.17, 15) is 9.59 Å². The van der Waals surface area contributed by atoms with E-state index in [1.165, 1.54) is 51.4 Å². The molecule has 2 atom stereocenters. The first-order valence-corrected chi connectivity index (χ1v) is 10.8. The summed E-state index contributed by atoms with van der Waals surface area (Å²) in [5.74, 6) is -1.61. The van der Waals surface area contributed by atoms with Gasteiger partial charge < -0.3 is 9.84 Å². The van der Waals surface area contributed by atoms with Gasteiger partial charge in [0.25, 0.3) is 0 Å². The van der Waals surface area contributed by atoms with E-state index in [0.29, 0.717) is 12.8 Å². The van der Waals surface area contributed by atoms with Gasteiger partial charge in [-0.05, 0) is 46.0 Å². The van der Waals surface area contributed by atoms with Crippen molar-refractivity contribution < 1.29 is 19.4 Å². The number of carbonyl (C=O) groups is 2. The topological polar surface area (TPSA) is 63.6 Å². The molecule has 0 aromatic carbocycles. The fourth-order valence-corrected chi connectivity index (χ4v) is 3.90. The molecular formula is C22H40O4. The van der Waals surface area contributed by atoms with Crippen LogP contribution in [0.25, 0.3) is 0 Å². The van der Waals surface area contributed by atoms with E-state index in [0.717, 1.165) is 25.7 Å². The van der Waals surface area contributed by atoms with Crippen LogP contribution in [0.1, 0.15) is 111 Å². The smallest absolute Gasteiger partial charge is 0.309 e. The Kier molecular flexibility index (Phi) is 10.9. The first kappa shape index (κ1) is 23.0. The zero-order valence-corrected chi connectivity index (χ0v) is 17.2. The Bertz CT molecular complexity index is 416. The molecule has 1 aliphatic carbocycles. The van der Waals surface area contributed by atoms with Crippen LogP contribution in [-0.4, -0.2) is 22.6 Å². The van der Waals surface area contributed by atoms with Crippen molar-refractivity contribution in [1.82, 2.24) is 0 Å². The highest BCUT2D eigenvalue weighted by Crippen LogP contribution is 2.32. The second-order valence-corrected chi connectivity index (χ2v) is 8.66. The van der Waals surface area contributed by atoms with Crippen molar-refractivity contribution in [1.29, 1.82) is 0 Å². The molecule has 1 aliphatic rings. The van der Waals surface area contributed by atoms with Gasteiger partial charge in [0.1, 0.15) is 5.60 Å². The number of hydrogen-bond acceptors (Lipinski definition) is 3. The van der Waals surface area contributed by atoms with Gasteiger partial charge in [0.15, 0.2) is 0 Å². The Morgan fingerprint density at radius 3 is 2.04 bits per heavy atom. The van der Waals surface area contributed by atoms with Crippen molar-refractivity contribution in [2.45, 2.75) is 116 Å². The Labute approximate surface area is 160 Å². The summed E-state index contributed by atoms with van der Waals surface area (Å²) in [6.45, 7) is 6.20. The monoisotopic (exact) mass is 368 g/mol. The van der Waals surface area contributed by atoms with Crippen molar-refractivity contribution in [3.05, 3.63) is 0 Å². The summed E-state index contributed by atoms with van der Waals surface area (Å²) < 4.78 is 5.75. The van der Waals surface area contributed by atoms with E-state index < -0.39 is 11.6 Å². The first-order chi connectivity index (χ1) is 12.4. The minimum absolute atomic E-state index is 0.197. The molecule has 0 spiro atoms. The maximum absolute atomic E-state index is 12.4. The van der Waals surface area contributed by atoms with Crippen LogP contribution in [0.4, 0.5) is 0 Å². The third-order valence-electron chi connectivity index (χ3n) is 5.62. The molecule has 0 radical (unpaired) electrons.